The van der Waals surface area contributed by atoms with E-state index in [0.717, 1.165) is 19.4 Å². The number of aldehydes is 1. The molecule has 2 atom stereocenters. The van der Waals surface area contributed by atoms with Crippen LogP contribution in [0.25, 0.3) is 0 Å². The molecule has 0 aromatic rings. The van der Waals surface area contributed by atoms with Gasteiger partial charge >= 0.3 is 0 Å². The maximum atomic E-state index is 13.0. The number of hydrogen-bond acceptors (Lipinski definition) is 18. The first-order chi connectivity index (χ1) is 33.6. The predicted octanol–water partition coefficient (Wildman–Crippen LogP) is -3.12. The molecule has 0 aliphatic rings. The Hall–Kier alpha value is -3.95. The number of unbranched alkanes of at least 4 members (excludes halogenated alkanes) is 2. The van der Waals surface area contributed by atoms with E-state index >= 15 is 0 Å². The van der Waals surface area contributed by atoms with Gasteiger partial charge in [0.25, 0.3) is 0 Å². The van der Waals surface area contributed by atoms with Crippen LogP contribution in [0.2, 0.25) is 0 Å². The summed E-state index contributed by atoms with van der Waals surface area (Å²) in [5.74, 6) is -1.33. The number of amides is 6. The van der Waals surface area contributed by atoms with Crippen molar-refractivity contribution in [2.75, 3.05) is 172 Å². The van der Waals surface area contributed by atoms with E-state index in [4.69, 9.17) is 33.2 Å². The van der Waals surface area contributed by atoms with Crippen molar-refractivity contribution in [3.63, 3.8) is 0 Å². The molecule has 0 aromatic heterocycles. The van der Waals surface area contributed by atoms with Gasteiger partial charge in [0.1, 0.15) is 18.9 Å². The van der Waals surface area contributed by atoms with E-state index in [2.05, 4.69) is 53.2 Å². The van der Waals surface area contributed by atoms with Gasteiger partial charge in [-0.2, -0.15) is 0 Å². The predicted molar refractivity (Wildman–Crippen MR) is 259 cm³/mol. The van der Waals surface area contributed by atoms with Gasteiger partial charge in [-0.1, -0.05) is 0 Å². The molecule has 0 heterocycles. The highest BCUT2D eigenvalue weighted by atomic mass is 16.6. The third-order valence-electron chi connectivity index (χ3n) is 9.49. The third-order valence-corrected chi connectivity index (χ3v) is 9.49. The maximum Gasteiger partial charge on any atom is 0.245 e. The molecule has 0 spiro atoms. The summed E-state index contributed by atoms with van der Waals surface area (Å²) < 4.78 is 38.3. The van der Waals surface area contributed by atoms with E-state index in [-0.39, 0.29) is 61.4 Å². The molecule has 6 amide bonds. The van der Waals surface area contributed by atoms with Crippen LogP contribution in [0.3, 0.4) is 0 Å². The lowest BCUT2D eigenvalue weighted by molar-refractivity contribution is -0.129. The minimum Gasteiger partial charge on any atom is -0.379 e. The minimum atomic E-state index is -0.639. The van der Waals surface area contributed by atoms with Gasteiger partial charge < -0.3 is 91.1 Å². The molecule has 2 unspecified atom stereocenters. The zero-order valence-corrected chi connectivity index (χ0v) is 41.8. The summed E-state index contributed by atoms with van der Waals surface area (Å²) in [7, 11) is 1.87. The van der Waals surface area contributed by atoms with Crippen LogP contribution in [-0.2, 0) is 66.7 Å². The second kappa shape index (κ2) is 50.4. The second-order valence-electron chi connectivity index (χ2n) is 15.6. The average Bonchev–Trinajstić information content (AvgIpc) is 3.32. The molecular weight excluding hydrogens is 905 g/mol. The molecule has 402 valence electrons. The SMILES string of the molecule is CNCCCCC(NC(=O)CCNCCOCCNCCOCCOCCOCCOCCOCCNC(C)=O)C(=O)NCCNCCOCC(=O)NCCCCC(C=O)NC(=O)CCNC(C)=O. The topological polar surface area (TPSA) is 304 Å². The first-order valence-electron chi connectivity index (χ1n) is 24.5. The molecule has 0 saturated heterocycles. The highest BCUT2D eigenvalue weighted by Crippen LogP contribution is 2.02. The Morgan fingerprint density at radius 3 is 1.46 bits per heavy atom. The quantitative estimate of drug-likeness (QED) is 0.0213. The Kier molecular flexibility index (Phi) is 47.6. The fourth-order valence-corrected chi connectivity index (χ4v) is 5.86. The summed E-state index contributed by atoms with van der Waals surface area (Å²) in [5.41, 5.74) is 0. The molecule has 10 N–H and O–H groups in total. The smallest absolute Gasteiger partial charge is 0.245 e. The summed E-state index contributed by atoms with van der Waals surface area (Å²) in [6, 6.07) is -1.26. The number of nitrogens with one attached hydrogen (secondary N) is 10. The first-order valence-corrected chi connectivity index (χ1v) is 24.5. The zero-order chi connectivity index (χ0) is 50.7. The average molecular weight is 993 g/mol. The number of hydrogen-bond donors (Lipinski definition) is 10. The second-order valence-corrected chi connectivity index (χ2v) is 15.6. The van der Waals surface area contributed by atoms with Gasteiger partial charge in [0, 0.05) is 92.1 Å². The summed E-state index contributed by atoms with van der Waals surface area (Å²) in [5, 5.41) is 29.1. The van der Waals surface area contributed by atoms with E-state index in [9.17, 15) is 33.6 Å². The Balaban J connectivity index is 3.84. The van der Waals surface area contributed by atoms with Crippen molar-refractivity contribution in [1.82, 2.24) is 53.2 Å². The fourth-order valence-electron chi connectivity index (χ4n) is 5.86. The Morgan fingerprint density at radius 1 is 0.420 bits per heavy atom. The molecule has 69 heavy (non-hydrogen) atoms. The molecular formula is C45H88N10O14. The molecule has 0 radical (unpaired) electrons. The molecule has 0 aromatic carbocycles. The van der Waals surface area contributed by atoms with Crippen LogP contribution in [0.4, 0.5) is 0 Å². The Morgan fingerprint density at radius 2 is 0.884 bits per heavy atom. The van der Waals surface area contributed by atoms with Crippen molar-refractivity contribution in [3.05, 3.63) is 0 Å². The summed E-state index contributed by atoms with van der Waals surface area (Å²) in [6.45, 7) is 14.5. The van der Waals surface area contributed by atoms with Crippen LogP contribution in [0.1, 0.15) is 65.2 Å². The highest BCUT2D eigenvalue weighted by molar-refractivity contribution is 5.87. The van der Waals surface area contributed by atoms with Crippen LogP contribution < -0.4 is 53.2 Å². The van der Waals surface area contributed by atoms with Gasteiger partial charge in [0.15, 0.2) is 0 Å². The molecule has 0 rings (SSSR count). The van der Waals surface area contributed by atoms with Crippen LogP contribution in [-0.4, -0.2) is 225 Å². The van der Waals surface area contributed by atoms with Crippen molar-refractivity contribution in [2.24, 2.45) is 0 Å². The fraction of sp³-hybridized carbons (Fsp3) is 0.844. The van der Waals surface area contributed by atoms with Crippen LogP contribution in [0.15, 0.2) is 0 Å². The third kappa shape index (κ3) is 48.9. The Bertz CT molecular complexity index is 1310. The molecule has 0 bridgehead atoms. The lowest BCUT2D eigenvalue weighted by Crippen LogP contribution is -2.48. The van der Waals surface area contributed by atoms with E-state index in [0.29, 0.717) is 177 Å². The van der Waals surface area contributed by atoms with E-state index in [1.807, 2.05) is 7.05 Å². The van der Waals surface area contributed by atoms with E-state index < -0.39 is 12.1 Å². The van der Waals surface area contributed by atoms with Crippen molar-refractivity contribution in [2.45, 2.75) is 77.3 Å². The van der Waals surface area contributed by atoms with Gasteiger partial charge in [0.2, 0.25) is 35.4 Å². The maximum absolute atomic E-state index is 13.0. The molecule has 24 heteroatoms. The van der Waals surface area contributed by atoms with Crippen LogP contribution >= 0.6 is 0 Å². The summed E-state index contributed by atoms with van der Waals surface area (Å²) in [4.78, 5) is 82.6. The van der Waals surface area contributed by atoms with Gasteiger partial charge in [-0.05, 0) is 52.1 Å². The van der Waals surface area contributed by atoms with Crippen molar-refractivity contribution in [1.29, 1.82) is 0 Å². The highest BCUT2D eigenvalue weighted by Gasteiger charge is 2.20. The van der Waals surface area contributed by atoms with E-state index in [1.54, 1.807) is 0 Å². The molecule has 0 aliphatic heterocycles. The number of ether oxygens (including phenoxy) is 7. The number of carbonyl (C=O) groups excluding carboxylic acids is 7. The zero-order valence-electron chi connectivity index (χ0n) is 41.8. The Labute approximate surface area is 409 Å². The summed E-state index contributed by atoms with van der Waals surface area (Å²) >= 11 is 0. The van der Waals surface area contributed by atoms with Crippen molar-refractivity contribution < 1.29 is 66.7 Å². The van der Waals surface area contributed by atoms with Gasteiger partial charge in [0.05, 0.1) is 91.9 Å². The van der Waals surface area contributed by atoms with Crippen LogP contribution in [0.5, 0.6) is 0 Å². The van der Waals surface area contributed by atoms with Gasteiger partial charge in [-0.15, -0.1) is 0 Å². The largest absolute Gasteiger partial charge is 0.379 e. The molecule has 0 fully saturated rings. The standard InChI is InChI=1S/C45H88N10O14/c1-38(57)50-15-11-42(59)54-40(36-56)8-4-7-13-52-44(61)37-69-26-21-48-16-17-53-45(62)41(9-5-6-12-46-3)55-43(60)10-14-47-18-23-63-24-19-49-20-25-64-28-30-66-32-34-68-35-33-67-31-29-65-27-22-51-39(2)58/h36,40-41,46-49H,4-35,37H2,1-3H3,(H,50,57)(H,51,58)(H,52,61)(H,53,62)(H,54,59)(H,55,60). The van der Waals surface area contributed by atoms with E-state index in [1.165, 1.54) is 13.8 Å². The minimum absolute atomic E-state index is 0.0747. The van der Waals surface area contributed by atoms with Gasteiger partial charge in [-0.3, -0.25) is 28.8 Å². The monoisotopic (exact) mass is 993 g/mol. The lowest BCUT2D eigenvalue weighted by Gasteiger charge is -2.19. The first kappa shape index (κ1) is 65.0. The molecule has 0 aliphatic carbocycles. The lowest BCUT2D eigenvalue weighted by atomic mass is 10.1. The number of carbonyl (C=O) groups is 7. The normalized spacial score (nSPS) is 11.9. The van der Waals surface area contributed by atoms with Crippen molar-refractivity contribution in [3.8, 4) is 0 Å². The summed E-state index contributed by atoms with van der Waals surface area (Å²) in [6.07, 6.45) is 4.85. The number of rotatable bonds is 52. The van der Waals surface area contributed by atoms with Gasteiger partial charge in [-0.25, -0.2) is 0 Å². The molecule has 0 saturated carbocycles. The molecule has 24 nitrogen and oxygen atoms in total. The van der Waals surface area contributed by atoms with Crippen LogP contribution in [0, 0.1) is 0 Å². The van der Waals surface area contributed by atoms with Crippen molar-refractivity contribution >= 4 is 41.7 Å².